The van der Waals surface area contributed by atoms with Gasteiger partial charge in [0.25, 0.3) is 15.9 Å². The summed E-state index contributed by atoms with van der Waals surface area (Å²) in [6.45, 7) is 3.76. The van der Waals surface area contributed by atoms with E-state index in [2.05, 4.69) is 14.7 Å². The standard InChI is InChI=1S/C18H20N4O4S/c1-18(2,21-17(23)13-7-3-4-9-20-13)11-26-14-8-5-6-12-10-27(24,25)22-16(19)15(12)14/h3-9H,10-11H2,1-2H3,(H2,19,22)(H,21,23). The molecule has 0 fully saturated rings. The molecule has 1 aliphatic rings. The Bertz CT molecular complexity index is 1000. The van der Waals surface area contributed by atoms with Gasteiger partial charge in [-0.1, -0.05) is 18.2 Å². The highest BCUT2D eigenvalue weighted by molar-refractivity contribution is 7.89. The lowest BCUT2D eigenvalue weighted by Crippen LogP contribution is -2.48. The Kier molecular flexibility index (Phi) is 4.88. The molecular weight excluding hydrogens is 368 g/mol. The molecular formula is C18H20N4O4S. The summed E-state index contributed by atoms with van der Waals surface area (Å²) < 4.78 is 32.9. The number of fused-ring (bicyclic) bond motifs is 1. The minimum atomic E-state index is -3.61. The minimum Gasteiger partial charge on any atom is -0.490 e. The molecule has 8 nitrogen and oxygen atoms in total. The van der Waals surface area contributed by atoms with Gasteiger partial charge in [-0.3, -0.25) is 9.78 Å². The van der Waals surface area contributed by atoms with Crippen LogP contribution in [0.15, 0.2) is 47.0 Å². The molecule has 2 aromatic rings. The van der Waals surface area contributed by atoms with Gasteiger partial charge in [0.1, 0.15) is 23.9 Å². The van der Waals surface area contributed by atoms with Crippen LogP contribution in [0.4, 0.5) is 0 Å². The molecule has 0 bridgehead atoms. The molecule has 0 aliphatic carbocycles. The van der Waals surface area contributed by atoms with Crippen molar-refractivity contribution in [2.24, 2.45) is 10.1 Å². The summed E-state index contributed by atoms with van der Waals surface area (Å²) in [5.41, 5.74) is 6.45. The number of nitrogens with zero attached hydrogens (tertiary/aromatic N) is 2. The zero-order valence-corrected chi connectivity index (χ0v) is 15.8. The molecule has 142 valence electrons. The number of nitrogens with one attached hydrogen (secondary N) is 1. The second kappa shape index (κ2) is 6.99. The van der Waals surface area contributed by atoms with Crippen molar-refractivity contribution in [3.8, 4) is 5.75 Å². The fourth-order valence-electron chi connectivity index (χ4n) is 2.69. The van der Waals surface area contributed by atoms with Crippen LogP contribution in [0.2, 0.25) is 0 Å². The van der Waals surface area contributed by atoms with Gasteiger partial charge in [-0.25, -0.2) is 8.42 Å². The summed E-state index contributed by atoms with van der Waals surface area (Å²) >= 11 is 0. The molecule has 1 aromatic heterocycles. The molecule has 0 atom stereocenters. The van der Waals surface area contributed by atoms with Crippen LogP contribution in [0.3, 0.4) is 0 Å². The average molecular weight is 388 g/mol. The first-order valence-corrected chi connectivity index (χ1v) is 9.84. The van der Waals surface area contributed by atoms with Crippen molar-refractivity contribution in [2.75, 3.05) is 6.61 Å². The first kappa shape index (κ1) is 18.8. The number of carbonyl (C=O) groups excluding carboxylic acids is 1. The van der Waals surface area contributed by atoms with Crippen molar-refractivity contribution in [1.82, 2.24) is 10.3 Å². The fraction of sp³-hybridized carbons (Fsp3) is 0.278. The molecule has 3 N–H and O–H groups in total. The van der Waals surface area contributed by atoms with E-state index in [-0.39, 0.29) is 24.1 Å². The van der Waals surface area contributed by atoms with E-state index in [1.807, 2.05) is 13.8 Å². The molecule has 27 heavy (non-hydrogen) atoms. The summed E-state index contributed by atoms with van der Waals surface area (Å²) in [6.07, 6.45) is 1.55. The van der Waals surface area contributed by atoms with E-state index in [0.717, 1.165) is 0 Å². The third-order valence-corrected chi connectivity index (χ3v) is 5.03. The van der Waals surface area contributed by atoms with Crippen LogP contribution in [0.1, 0.15) is 35.5 Å². The Morgan fingerprint density at radius 2 is 2.04 bits per heavy atom. The van der Waals surface area contributed by atoms with Crippen LogP contribution >= 0.6 is 0 Å². The number of ether oxygens (including phenoxy) is 1. The highest BCUT2D eigenvalue weighted by Gasteiger charge is 2.27. The molecule has 1 amide bonds. The van der Waals surface area contributed by atoms with Crippen LogP contribution < -0.4 is 15.8 Å². The number of aromatic nitrogens is 1. The lowest BCUT2D eigenvalue weighted by atomic mass is 10.1. The van der Waals surface area contributed by atoms with Crippen LogP contribution in [-0.2, 0) is 15.8 Å². The number of carbonyl (C=O) groups is 1. The molecule has 9 heteroatoms. The van der Waals surface area contributed by atoms with E-state index in [1.165, 1.54) is 0 Å². The number of amidine groups is 1. The van der Waals surface area contributed by atoms with Crippen LogP contribution in [-0.4, -0.2) is 37.3 Å². The monoisotopic (exact) mass is 388 g/mol. The molecule has 3 rings (SSSR count). The maximum atomic E-state index is 12.3. The lowest BCUT2D eigenvalue weighted by molar-refractivity contribution is 0.0875. The number of nitrogens with two attached hydrogens (primary N) is 1. The van der Waals surface area contributed by atoms with E-state index in [4.69, 9.17) is 10.5 Å². The number of benzene rings is 1. The van der Waals surface area contributed by atoms with Crippen molar-refractivity contribution in [3.63, 3.8) is 0 Å². The van der Waals surface area contributed by atoms with E-state index < -0.39 is 15.6 Å². The molecule has 1 aromatic carbocycles. The van der Waals surface area contributed by atoms with E-state index >= 15 is 0 Å². The summed E-state index contributed by atoms with van der Waals surface area (Å²) in [5, 5.41) is 2.86. The van der Waals surface area contributed by atoms with Gasteiger partial charge in [0, 0.05) is 6.20 Å². The van der Waals surface area contributed by atoms with Gasteiger partial charge in [-0.15, -0.1) is 4.40 Å². The molecule has 0 saturated carbocycles. The molecule has 0 spiro atoms. The predicted octanol–water partition coefficient (Wildman–Crippen LogP) is 1.22. The van der Waals surface area contributed by atoms with Crippen LogP contribution in [0, 0.1) is 0 Å². The van der Waals surface area contributed by atoms with Gasteiger partial charge in [0.15, 0.2) is 0 Å². The van der Waals surface area contributed by atoms with Crippen molar-refractivity contribution in [3.05, 3.63) is 59.4 Å². The van der Waals surface area contributed by atoms with Gasteiger partial charge in [-0.05, 0) is 37.6 Å². The number of sulfonamides is 1. The maximum Gasteiger partial charge on any atom is 0.270 e. The third kappa shape index (κ3) is 4.43. The van der Waals surface area contributed by atoms with Crippen LogP contribution in [0.5, 0.6) is 5.75 Å². The molecule has 0 unspecified atom stereocenters. The van der Waals surface area contributed by atoms with Crippen LogP contribution in [0.25, 0.3) is 0 Å². The highest BCUT2D eigenvalue weighted by atomic mass is 32.2. The minimum absolute atomic E-state index is 0.0952. The van der Waals surface area contributed by atoms with Crippen molar-refractivity contribution < 1.29 is 17.9 Å². The number of rotatable bonds is 5. The molecule has 1 aliphatic heterocycles. The topological polar surface area (TPSA) is 124 Å². The lowest BCUT2D eigenvalue weighted by Gasteiger charge is -2.27. The fourth-order valence-corrected chi connectivity index (χ4v) is 3.78. The van der Waals surface area contributed by atoms with Crippen molar-refractivity contribution >= 4 is 21.8 Å². The largest absolute Gasteiger partial charge is 0.490 e. The number of pyridine rings is 1. The number of hydrogen-bond acceptors (Lipinski definition) is 6. The van der Waals surface area contributed by atoms with Gasteiger partial charge >= 0.3 is 0 Å². The Labute approximate surface area is 157 Å². The van der Waals surface area contributed by atoms with Gasteiger partial charge in [-0.2, -0.15) is 0 Å². The Balaban J connectivity index is 1.75. The SMILES string of the molecule is CC(C)(COc1cccc2c1C(N)=NS(=O)(=O)C2)NC(=O)c1ccccn1. The summed E-state index contributed by atoms with van der Waals surface area (Å²) in [6, 6.07) is 10.2. The maximum absolute atomic E-state index is 12.3. The van der Waals surface area contributed by atoms with Crippen molar-refractivity contribution in [2.45, 2.75) is 25.1 Å². The first-order chi connectivity index (χ1) is 12.7. The molecule has 0 radical (unpaired) electrons. The smallest absolute Gasteiger partial charge is 0.270 e. The van der Waals surface area contributed by atoms with Gasteiger partial charge in [0.05, 0.1) is 16.9 Å². The average Bonchev–Trinajstić information content (AvgIpc) is 2.59. The Hall–Kier alpha value is -2.94. The van der Waals surface area contributed by atoms with E-state index in [1.54, 1.807) is 42.6 Å². The predicted molar refractivity (Wildman–Crippen MR) is 101 cm³/mol. The quantitative estimate of drug-likeness (QED) is 0.794. The third-order valence-electron chi connectivity index (χ3n) is 3.88. The Morgan fingerprint density at radius 3 is 2.74 bits per heavy atom. The normalized spacial score (nSPS) is 15.4. The number of amides is 1. The summed E-state index contributed by atoms with van der Waals surface area (Å²) in [4.78, 5) is 16.3. The zero-order valence-electron chi connectivity index (χ0n) is 15.0. The zero-order chi connectivity index (χ0) is 19.7. The van der Waals surface area contributed by atoms with Gasteiger partial charge in [0.2, 0.25) is 0 Å². The molecule has 0 saturated heterocycles. The first-order valence-electron chi connectivity index (χ1n) is 8.24. The van der Waals surface area contributed by atoms with E-state index in [9.17, 15) is 13.2 Å². The summed E-state index contributed by atoms with van der Waals surface area (Å²) in [5.74, 6) is -0.211. The second-order valence-corrected chi connectivity index (χ2v) is 8.47. The Morgan fingerprint density at radius 1 is 1.26 bits per heavy atom. The highest BCUT2D eigenvalue weighted by Crippen LogP contribution is 2.28. The second-order valence-electron chi connectivity index (χ2n) is 6.83. The summed E-state index contributed by atoms with van der Waals surface area (Å²) in [7, 11) is -3.61. The number of hydrogen-bond donors (Lipinski definition) is 2. The van der Waals surface area contributed by atoms with E-state index in [0.29, 0.717) is 22.6 Å². The molecule has 2 heterocycles. The van der Waals surface area contributed by atoms with Gasteiger partial charge < -0.3 is 15.8 Å². The van der Waals surface area contributed by atoms with Crippen molar-refractivity contribution in [1.29, 1.82) is 0 Å².